The molecule has 0 aliphatic carbocycles. The number of hydrogen-bond donors (Lipinski definition) is 1. The standard InChI is InChI=1S/C32H21BrN2O2.C32H21BrN2/c33-25-17-19-30(35(36)37)27(21-25)24-16-18-29-28(20-24)31(22-10-4-1-5-11-22)32(23-12-6-2-7-13-23)34(29)26-14-8-3-9-15-26;33-23-16-18-27-26(20-23)25-17-19-28-30(31(25)34-27)29(21-10-4-1-5-11-21)32(22-12-6-2-7-13-22)35(28)24-14-8-3-9-15-24/h1-21H;1-20,34H. The average Bonchev–Trinajstić information content (AvgIpc) is 4.10. The average molecular weight is 1060 g/mol. The van der Waals surface area contributed by atoms with Gasteiger partial charge in [0.15, 0.2) is 0 Å². The number of aromatic nitrogens is 3. The number of nitrogens with zero attached hydrogens (tertiary/aromatic N) is 3. The Morgan fingerprint density at radius 1 is 0.403 bits per heavy atom. The van der Waals surface area contributed by atoms with Gasteiger partial charge in [0.1, 0.15) is 0 Å². The van der Waals surface area contributed by atoms with Crippen molar-refractivity contribution in [3.63, 3.8) is 0 Å². The number of aromatic amines is 1. The number of nitro benzene ring substituents is 1. The number of fused-ring (bicyclic) bond motifs is 6. The molecule has 13 aromatic rings. The zero-order valence-electron chi connectivity index (χ0n) is 38.6. The van der Waals surface area contributed by atoms with Crippen LogP contribution >= 0.6 is 31.9 Å². The Balaban J connectivity index is 0.000000147. The molecule has 8 heteroatoms. The van der Waals surface area contributed by atoms with Crippen LogP contribution in [0, 0.1) is 10.1 Å². The van der Waals surface area contributed by atoms with E-state index in [1.165, 1.54) is 49.6 Å². The van der Waals surface area contributed by atoms with Crippen LogP contribution in [0.5, 0.6) is 0 Å². The number of para-hydroxylation sites is 2. The van der Waals surface area contributed by atoms with Gasteiger partial charge < -0.3 is 14.1 Å². The number of nitro groups is 1. The molecule has 3 heterocycles. The minimum Gasteiger partial charge on any atom is -0.354 e. The lowest BCUT2D eigenvalue weighted by molar-refractivity contribution is -0.384. The highest BCUT2D eigenvalue weighted by atomic mass is 79.9. The highest BCUT2D eigenvalue weighted by molar-refractivity contribution is 9.10. The lowest BCUT2D eigenvalue weighted by atomic mass is 9.96. The topological polar surface area (TPSA) is 68.8 Å². The maximum Gasteiger partial charge on any atom is 0.277 e. The van der Waals surface area contributed by atoms with Crippen LogP contribution in [0.4, 0.5) is 5.69 Å². The van der Waals surface area contributed by atoms with Gasteiger partial charge in [-0.1, -0.05) is 202 Å². The summed E-state index contributed by atoms with van der Waals surface area (Å²) in [5, 5.41) is 16.6. The maximum atomic E-state index is 11.9. The fourth-order valence-corrected chi connectivity index (χ4v) is 11.0. The van der Waals surface area contributed by atoms with Gasteiger partial charge in [0, 0.05) is 64.6 Å². The number of rotatable bonds is 8. The first-order chi connectivity index (χ1) is 35.4. The second kappa shape index (κ2) is 19.0. The predicted molar refractivity (Wildman–Crippen MR) is 305 cm³/mol. The minimum absolute atomic E-state index is 0.0783. The van der Waals surface area contributed by atoms with Crippen LogP contribution in [-0.2, 0) is 0 Å². The Morgan fingerprint density at radius 3 is 1.44 bits per heavy atom. The van der Waals surface area contributed by atoms with Gasteiger partial charge in [0.2, 0.25) is 0 Å². The maximum absolute atomic E-state index is 11.9. The van der Waals surface area contributed by atoms with Crippen molar-refractivity contribution in [1.29, 1.82) is 0 Å². The molecule has 0 saturated carbocycles. The van der Waals surface area contributed by atoms with Gasteiger partial charge in [-0.2, -0.15) is 0 Å². The Bertz CT molecular complexity index is 4120. The third kappa shape index (κ3) is 8.01. The minimum atomic E-state index is -0.325. The van der Waals surface area contributed by atoms with Gasteiger partial charge in [-0.15, -0.1) is 0 Å². The van der Waals surface area contributed by atoms with Crippen LogP contribution in [0.3, 0.4) is 0 Å². The summed E-state index contributed by atoms with van der Waals surface area (Å²) < 4.78 is 6.57. The fourth-order valence-electron chi connectivity index (χ4n) is 10.3. The lowest BCUT2D eigenvalue weighted by Gasteiger charge is -2.13. The van der Waals surface area contributed by atoms with Crippen molar-refractivity contribution in [3.8, 4) is 67.3 Å². The van der Waals surface area contributed by atoms with Crippen LogP contribution in [0.25, 0.3) is 111 Å². The van der Waals surface area contributed by atoms with Crippen molar-refractivity contribution in [2.45, 2.75) is 0 Å². The first kappa shape index (κ1) is 44.6. The number of H-pyrrole nitrogens is 1. The fraction of sp³-hybridized carbons (Fsp3) is 0. The largest absolute Gasteiger partial charge is 0.354 e. The highest BCUT2D eigenvalue weighted by Gasteiger charge is 2.26. The van der Waals surface area contributed by atoms with Gasteiger partial charge in [0.05, 0.1) is 38.4 Å². The van der Waals surface area contributed by atoms with Crippen molar-refractivity contribution < 1.29 is 4.92 Å². The summed E-state index contributed by atoms with van der Waals surface area (Å²) in [5.74, 6) is 0. The van der Waals surface area contributed by atoms with Gasteiger partial charge in [-0.3, -0.25) is 10.1 Å². The number of hydrogen-bond acceptors (Lipinski definition) is 2. The summed E-state index contributed by atoms with van der Waals surface area (Å²) in [6.07, 6.45) is 0. The first-order valence-electron chi connectivity index (χ1n) is 23.6. The van der Waals surface area contributed by atoms with Crippen LogP contribution in [-0.4, -0.2) is 19.0 Å². The predicted octanol–water partition coefficient (Wildman–Crippen LogP) is 18.7. The highest BCUT2D eigenvalue weighted by Crippen LogP contribution is 2.48. The van der Waals surface area contributed by atoms with Crippen molar-refractivity contribution in [1.82, 2.24) is 14.1 Å². The van der Waals surface area contributed by atoms with Crippen LogP contribution in [0.1, 0.15) is 0 Å². The molecule has 0 aliphatic heterocycles. The Hall–Kier alpha value is -8.56. The molecular weight excluding hydrogens is 1020 g/mol. The first-order valence-corrected chi connectivity index (χ1v) is 25.2. The summed E-state index contributed by atoms with van der Waals surface area (Å²) in [4.78, 5) is 15.3. The molecule has 0 aliphatic rings. The van der Waals surface area contributed by atoms with Crippen molar-refractivity contribution in [2.24, 2.45) is 0 Å². The van der Waals surface area contributed by atoms with E-state index in [2.05, 4.69) is 216 Å². The van der Waals surface area contributed by atoms with E-state index in [0.29, 0.717) is 5.56 Å². The summed E-state index contributed by atoms with van der Waals surface area (Å²) in [7, 11) is 0. The SMILES string of the molecule is Brc1ccc2[nH]c3c(ccc4c3c(-c3ccccc3)c(-c3ccccc3)n4-c3ccccc3)c2c1.O=[N+]([O-])c1ccc(Br)cc1-c1ccc2c(c1)c(-c1ccccc1)c(-c1ccccc1)n2-c1ccccc1. The summed E-state index contributed by atoms with van der Waals surface area (Å²) in [5.41, 5.74) is 17.4. The van der Waals surface area contributed by atoms with Gasteiger partial charge in [-0.25, -0.2) is 0 Å². The molecule has 0 spiro atoms. The van der Waals surface area contributed by atoms with Crippen molar-refractivity contribution in [2.75, 3.05) is 0 Å². The molecule has 10 aromatic carbocycles. The van der Waals surface area contributed by atoms with E-state index >= 15 is 0 Å². The van der Waals surface area contributed by atoms with E-state index in [0.717, 1.165) is 64.7 Å². The molecule has 0 bridgehead atoms. The Morgan fingerprint density at radius 2 is 0.875 bits per heavy atom. The van der Waals surface area contributed by atoms with E-state index < -0.39 is 0 Å². The van der Waals surface area contributed by atoms with E-state index in [-0.39, 0.29) is 10.6 Å². The monoisotopic (exact) mass is 1060 g/mol. The van der Waals surface area contributed by atoms with Crippen molar-refractivity contribution >= 4 is 81.2 Å². The Labute approximate surface area is 432 Å². The van der Waals surface area contributed by atoms with Crippen LogP contribution < -0.4 is 0 Å². The molecule has 6 nitrogen and oxygen atoms in total. The molecule has 3 aromatic heterocycles. The molecule has 0 radical (unpaired) electrons. The molecule has 0 unspecified atom stereocenters. The molecular formula is C64H42Br2N4O2. The second-order valence-electron chi connectivity index (χ2n) is 17.6. The molecule has 0 saturated heterocycles. The molecule has 0 fully saturated rings. The zero-order valence-corrected chi connectivity index (χ0v) is 41.8. The summed E-state index contributed by atoms with van der Waals surface area (Å²) >= 11 is 7.16. The number of benzene rings is 10. The van der Waals surface area contributed by atoms with Crippen LogP contribution in [0.2, 0.25) is 0 Å². The van der Waals surface area contributed by atoms with Gasteiger partial charge >= 0.3 is 0 Å². The third-order valence-corrected chi connectivity index (χ3v) is 14.3. The second-order valence-corrected chi connectivity index (χ2v) is 19.4. The lowest BCUT2D eigenvalue weighted by Crippen LogP contribution is -1.97. The van der Waals surface area contributed by atoms with E-state index in [1.807, 2.05) is 66.7 Å². The smallest absolute Gasteiger partial charge is 0.277 e. The van der Waals surface area contributed by atoms with E-state index in [1.54, 1.807) is 12.1 Å². The molecule has 344 valence electrons. The van der Waals surface area contributed by atoms with E-state index in [9.17, 15) is 10.1 Å². The molecule has 0 amide bonds. The number of nitrogens with one attached hydrogen (secondary N) is 1. The summed E-state index contributed by atoms with van der Waals surface area (Å²) in [6.45, 7) is 0. The van der Waals surface area contributed by atoms with Gasteiger partial charge in [-0.05, 0) is 101 Å². The van der Waals surface area contributed by atoms with E-state index in [4.69, 9.17) is 0 Å². The number of halogens is 2. The van der Waals surface area contributed by atoms with Gasteiger partial charge in [0.25, 0.3) is 5.69 Å². The summed E-state index contributed by atoms with van der Waals surface area (Å²) in [6, 6.07) is 85.3. The molecule has 0 atom stereocenters. The molecule has 72 heavy (non-hydrogen) atoms. The van der Waals surface area contributed by atoms with Crippen molar-refractivity contribution in [3.05, 3.63) is 268 Å². The molecule has 13 rings (SSSR count). The quantitative estimate of drug-likeness (QED) is 0.122. The normalized spacial score (nSPS) is 11.3. The Kier molecular flexibility index (Phi) is 11.8. The third-order valence-electron chi connectivity index (χ3n) is 13.3. The zero-order chi connectivity index (χ0) is 48.7. The van der Waals surface area contributed by atoms with Crippen LogP contribution in [0.15, 0.2) is 258 Å². The molecule has 1 N–H and O–H groups in total.